The van der Waals surface area contributed by atoms with E-state index in [1.54, 1.807) is 6.07 Å². The highest BCUT2D eigenvalue weighted by molar-refractivity contribution is 7.89. The zero-order chi connectivity index (χ0) is 13.2. The Morgan fingerprint density at radius 1 is 1.44 bits per heavy atom. The smallest absolute Gasteiger partial charge is 0.262 e. The van der Waals surface area contributed by atoms with Crippen LogP contribution in [-0.2, 0) is 10.0 Å². The summed E-state index contributed by atoms with van der Waals surface area (Å²) >= 11 is 0. The van der Waals surface area contributed by atoms with E-state index in [4.69, 9.17) is 10.8 Å². The molecule has 2 rings (SSSR count). The van der Waals surface area contributed by atoms with E-state index in [1.807, 2.05) is 0 Å². The number of aliphatic hydroxyl groups is 1. The average Bonchev–Trinajstić information content (AvgIpc) is 2.39. The fourth-order valence-electron chi connectivity index (χ4n) is 2.07. The van der Waals surface area contributed by atoms with Crippen molar-refractivity contribution in [2.24, 2.45) is 5.92 Å². The van der Waals surface area contributed by atoms with Crippen LogP contribution in [0.5, 0.6) is 0 Å². The van der Waals surface area contributed by atoms with Gasteiger partial charge < -0.3 is 10.8 Å². The van der Waals surface area contributed by atoms with E-state index in [2.05, 4.69) is 4.98 Å². The molecule has 2 heterocycles. The molecule has 0 amide bonds. The largest absolute Gasteiger partial charge is 0.396 e. The summed E-state index contributed by atoms with van der Waals surface area (Å²) in [6.07, 6.45) is 2.76. The highest BCUT2D eigenvalue weighted by Crippen LogP contribution is 2.24. The van der Waals surface area contributed by atoms with Crippen molar-refractivity contribution in [2.75, 3.05) is 25.4 Å². The first-order chi connectivity index (χ1) is 8.55. The second-order valence-corrected chi connectivity index (χ2v) is 6.28. The summed E-state index contributed by atoms with van der Waals surface area (Å²) in [6, 6.07) is 3.13. The molecule has 1 aliphatic rings. The molecule has 0 saturated carbocycles. The van der Waals surface area contributed by atoms with Crippen LogP contribution in [0.2, 0.25) is 0 Å². The molecule has 0 atom stereocenters. The van der Waals surface area contributed by atoms with Crippen molar-refractivity contribution in [1.29, 1.82) is 0 Å². The van der Waals surface area contributed by atoms with Gasteiger partial charge in [-0.05, 0) is 30.9 Å². The molecule has 1 aromatic rings. The Balaban J connectivity index is 2.20. The summed E-state index contributed by atoms with van der Waals surface area (Å²) in [5, 5.41) is 8.96. The van der Waals surface area contributed by atoms with Crippen molar-refractivity contribution in [3.63, 3.8) is 0 Å². The van der Waals surface area contributed by atoms with Crippen LogP contribution in [0, 0.1) is 5.92 Å². The number of aromatic nitrogens is 1. The number of hydrogen-bond donors (Lipinski definition) is 2. The van der Waals surface area contributed by atoms with E-state index in [0.29, 0.717) is 25.9 Å². The molecule has 0 aliphatic carbocycles. The number of piperidine rings is 1. The van der Waals surface area contributed by atoms with Gasteiger partial charge in [-0.25, -0.2) is 13.4 Å². The number of rotatable bonds is 3. The van der Waals surface area contributed by atoms with Gasteiger partial charge in [0.2, 0.25) is 0 Å². The lowest BCUT2D eigenvalue weighted by Crippen LogP contribution is -2.39. The van der Waals surface area contributed by atoms with Gasteiger partial charge in [0, 0.05) is 25.9 Å². The molecule has 0 aromatic carbocycles. The van der Waals surface area contributed by atoms with E-state index in [0.717, 1.165) is 0 Å². The Morgan fingerprint density at radius 3 is 2.67 bits per heavy atom. The van der Waals surface area contributed by atoms with E-state index < -0.39 is 10.0 Å². The highest BCUT2D eigenvalue weighted by atomic mass is 32.2. The van der Waals surface area contributed by atoms with Gasteiger partial charge in [-0.2, -0.15) is 4.31 Å². The van der Waals surface area contributed by atoms with Crippen LogP contribution in [0.4, 0.5) is 5.69 Å². The number of pyridine rings is 1. The van der Waals surface area contributed by atoms with Gasteiger partial charge in [-0.3, -0.25) is 0 Å². The number of nitrogens with two attached hydrogens (primary N) is 1. The van der Waals surface area contributed by atoms with Crippen LogP contribution >= 0.6 is 0 Å². The lowest BCUT2D eigenvalue weighted by atomic mass is 10.00. The molecule has 0 spiro atoms. The first-order valence-electron chi connectivity index (χ1n) is 5.87. The Bertz CT molecular complexity index is 510. The Morgan fingerprint density at radius 2 is 2.11 bits per heavy atom. The SMILES string of the molecule is Nc1cccnc1S(=O)(=O)N1CCC(CO)CC1. The number of aliphatic hydroxyl groups excluding tert-OH is 1. The molecule has 1 saturated heterocycles. The number of hydrogen-bond acceptors (Lipinski definition) is 5. The van der Waals surface area contributed by atoms with Crippen LogP contribution in [0.1, 0.15) is 12.8 Å². The summed E-state index contributed by atoms with van der Waals surface area (Å²) in [5.74, 6) is 0.192. The Labute approximate surface area is 106 Å². The monoisotopic (exact) mass is 271 g/mol. The highest BCUT2D eigenvalue weighted by Gasteiger charge is 2.31. The number of anilines is 1. The van der Waals surface area contributed by atoms with E-state index in [-0.39, 0.29) is 23.2 Å². The fraction of sp³-hybridized carbons (Fsp3) is 0.545. The van der Waals surface area contributed by atoms with Crippen LogP contribution in [0.25, 0.3) is 0 Å². The molecule has 0 unspecified atom stereocenters. The molecule has 1 aromatic heterocycles. The molecule has 18 heavy (non-hydrogen) atoms. The van der Waals surface area contributed by atoms with Gasteiger partial charge in [0.05, 0.1) is 5.69 Å². The maximum Gasteiger partial charge on any atom is 0.262 e. The van der Waals surface area contributed by atoms with Crippen LogP contribution in [0.15, 0.2) is 23.4 Å². The standard InChI is InChI=1S/C11H17N3O3S/c12-10-2-1-5-13-11(10)18(16,17)14-6-3-9(8-15)4-7-14/h1-2,5,9,15H,3-4,6-8,12H2. The van der Waals surface area contributed by atoms with Gasteiger partial charge in [0.25, 0.3) is 10.0 Å². The first kappa shape index (κ1) is 13.3. The van der Waals surface area contributed by atoms with Gasteiger partial charge >= 0.3 is 0 Å². The average molecular weight is 271 g/mol. The summed E-state index contributed by atoms with van der Waals surface area (Å²) in [6.45, 7) is 0.923. The quantitative estimate of drug-likeness (QED) is 0.810. The van der Waals surface area contributed by atoms with Crippen molar-refractivity contribution in [3.05, 3.63) is 18.3 Å². The summed E-state index contributed by atoms with van der Waals surface area (Å²) < 4.78 is 26.0. The molecular weight excluding hydrogens is 254 g/mol. The number of sulfonamides is 1. The normalized spacial score (nSPS) is 18.9. The lowest BCUT2D eigenvalue weighted by Gasteiger charge is -2.30. The topological polar surface area (TPSA) is 96.5 Å². The van der Waals surface area contributed by atoms with Crippen molar-refractivity contribution in [1.82, 2.24) is 9.29 Å². The van der Waals surface area contributed by atoms with Gasteiger partial charge in [-0.1, -0.05) is 0 Å². The lowest BCUT2D eigenvalue weighted by molar-refractivity contribution is 0.170. The Kier molecular flexibility index (Phi) is 3.84. The van der Waals surface area contributed by atoms with Crippen LogP contribution in [0.3, 0.4) is 0 Å². The molecule has 1 aliphatic heterocycles. The maximum atomic E-state index is 12.3. The predicted molar refractivity (Wildman–Crippen MR) is 67.2 cm³/mol. The second kappa shape index (κ2) is 5.21. The van der Waals surface area contributed by atoms with Crippen LogP contribution < -0.4 is 5.73 Å². The van der Waals surface area contributed by atoms with Crippen molar-refractivity contribution in [2.45, 2.75) is 17.9 Å². The summed E-state index contributed by atoms with van der Waals surface area (Å²) in [5.41, 5.74) is 5.83. The van der Waals surface area contributed by atoms with E-state index in [9.17, 15) is 8.42 Å². The summed E-state index contributed by atoms with van der Waals surface area (Å²) in [7, 11) is -3.61. The van der Waals surface area contributed by atoms with Gasteiger partial charge in [-0.15, -0.1) is 0 Å². The zero-order valence-corrected chi connectivity index (χ0v) is 10.8. The summed E-state index contributed by atoms with van der Waals surface area (Å²) in [4.78, 5) is 3.86. The minimum absolute atomic E-state index is 0.0764. The zero-order valence-electron chi connectivity index (χ0n) is 9.99. The second-order valence-electron chi connectivity index (χ2n) is 4.43. The number of nitrogens with zero attached hydrogens (tertiary/aromatic N) is 2. The molecule has 3 N–H and O–H groups in total. The van der Waals surface area contributed by atoms with E-state index >= 15 is 0 Å². The molecule has 7 heteroatoms. The minimum atomic E-state index is -3.61. The van der Waals surface area contributed by atoms with Crippen molar-refractivity contribution >= 4 is 15.7 Å². The molecule has 6 nitrogen and oxygen atoms in total. The van der Waals surface area contributed by atoms with E-state index in [1.165, 1.54) is 16.6 Å². The fourth-order valence-corrected chi connectivity index (χ4v) is 3.57. The first-order valence-corrected chi connectivity index (χ1v) is 7.31. The van der Waals surface area contributed by atoms with Crippen LogP contribution in [-0.4, -0.2) is 42.5 Å². The number of nitrogen functional groups attached to an aromatic ring is 1. The molecule has 0 radical (unpaired) electrons. The van der Waals surface area contributed by atoms with Gasteiger partial charge in [0.15, 0.2) is 5.03 Å². The van der Waals surface area contributed by atoms with Crippen molar-refractivity contribution < 1.29 is 13.5 Å². The minimum Gasteiger partial charge on any atom is -0.396 e. The predicted octanol–water partition coefficient (Wildman–Crippen LogP) is 0.0568. The molecule has 100 valence electrons. The molecule has 0 bridgehead atoms. The molecular formula is C11H17N3O3S. The third-order valence-electron chi connectivity index (χ3n) is 3.22. The van der Waals surface area contributed by atoms with Gasteiger partial charge in [0.1, 0.15) is 0 Å². The Hall–Kier alpha value is -1.18. The maximum absolute atomic E-state index is 12.3. The molecule has 1 fully saturated rings. The van der Waals surface area contributed by atoms with Crippen molar-refractivity contribution in [3.8, 4) is 0 Å². The third kappa shape index (κ3) is 2.47. The third-order valence-corrected chi connectivity index (χ3v) is 5.09.